The van der Waals surface area contributed by atoms with Gasteiger partial charge < -0.3 is 15.1 Å². The smallest absolute Gasteiger partial charge is 0.253 e. The number of hydrogen-bond acceptors (Lipinski definition) is 6. The van der Waals surface area contributed by atoms with Crippen molar-refractivity contribution in [1.82, 2.24) is 20.1 Å². The number of aryl methyl sites for hydroxylation is 1. The molecule has 0 radical (unpaired) electrons. The first-order valence-corrected chi connectivity index (χ1v) is 14.0. The lowest BCUT2D eigenvalue weighted by Gasteiger charge is -2.33. The Kier molecular flexibility index (Phi) is 9.55. The number of allylic oxidation sites excluding steroid dienone is 1. The van der Waals surface area contributed by atoms with Crippen LogP contribution in [0.4, 0.5) is 10.1 Å². The number of nitrogens with one attached hydrogen (secondary N) is 1. The molecule has 0 aliphatic carbocycles. The lowest BCUT2D eigenvalue weighted by molar-refractivity contribution is -0.105. The fourth-order valence-corrected chi connectivity index (χ4v) is 5.27. The Labute approximate surface area is 242 Å². The standard InChI is InChI=1S/C33H40FN5O2/c1-22(19-29-23(2)35-15-10-32(29)38(6)16-13-31-27(21-40)9-14-36-31)24(3)39-17-11-25(12-18-39)28-8-7-26(20-30(28)34)33(41)37(4)5/h7-8,10-11,13,15-16,19-21,24,36H,9,12,14,17-18H2,1-6H3/b16-13-,22-19+. The van der Waals surface area contributed by atoms with Crippen LogP contribution in [0.15, 0.2) is 65.7 Å². The second-order valence-electron chi connectivity index (χ2n) is 10.9. The molecule has 8 heteroatoms. The Morgan fingerprint density at radius 1 is 1.20 bits per heavy atom. The summed E-state index contributed by atoms with van der Waals surface area (Å²) in [7, 11) is 5.32. The first-order chi connectivity index (χ1) is 19.6. The van der Waals surface area contributed by atoms with E-state index in [1.54, 1.807) is 26.2 Å². The van der Waals surface area contributed by atoms with E-state index >= 15 is 0 Å². The van der Waals surface area contributed by atoms with Gasteiger partial charge in [0.1, 0.15) is 12.1 Å². The van der Waals surface area contributed by atoms with E-state index < -0.39 is 0 Å². The molecule has 1 aromatic heterocycles. The van der Waals surface area contributed by atoms with Gasteiger partial charge in [-0.1, -0.05) is 23.8 Å². The molecule has 2 aliphatic rings. The normalized spacial score (nSPS) is 17.0. The topological polar surface area (TPSA) is 68.8 Å². The first kappa shape index (κ1) is 29.9. The zero-order valence-corrected chi connectivity index (χ0v) is 24.9. The largest absolute Gasteiger partial charge is 0.384 e. The van der Waals surface area contributed by atoms with Crippen molar-refractivity contribution in [2.24, 2.45) is 0 Å². The number of rotatable bonds is 9. The highest BCUT2D eigenvalue weighted by Crippen LogP contribution is 2.30. The van der Waals surface area contributed by atoms with Crippen LogP contribution < -0.4 is 10.2 Å². The lowest BCUT2D eigenvalue weighted by Crippen LogP contribution is -2.37. The molecule has 0 saturated carbocycles. The minimum Gasteiger partial charge on any atom is -0.384 e. The van der Waals surface area contributed by atoms with Crippen LogP contribution in [0.5, 0.6) is 0 Å². The van der Waals surface area contributed by atoms with Gasteiger partial charge in [-0.3, -0.25) is 19.5 Å². The molecule has 1 aromatic carbocycles. The van der Waals surface area contributed by atoms with E-state index in [-0.39, 0.29) is 17.8 Å². The summed E-state index contributed by atoms with van der Waals surface area (Å²) in [4.78, 5) is 33.9. The average molecular weight is 558 g/mol. The van der Waals surface area contributed by atoms with Crippen LogP contribution >= 0.6 is 0 Å². The Bertz CT molecular complexity index is 1440. The van der Waals surface area contributed by atoms with Crippen LogP contribution in [0.25, 0.3) is 11.6 Å². The molecule has 1 unspecified atom stereocenters. The Morgan fingerprint density at radius 2 is 1.98 bits per heavy atom. The Morgan fingerprint density at radius 3 is 2.63 bits per heavy atom. The predicted octanol–water partition coefficient (Wildman–Crippen LogP) is 5.21. The van der Waals surface area contributed by atoms with Gasteiger partial charge in [-0.15, -0.1) is 0 Å². The van der Waals surface area contributed by atoms with Crippen LogP contribution in [0.2, 0.25) is 0 Å². The van der Waals surface area contributed by atoms with Crippen molar-refractivity contribution in [1.29, 1.82) is 0 Å². The van der Waals surface area contributed by atoms with Gasteiger partial charge in [0.25, 0.3) is 5.91 Å². The maximum absolute atomic E-state index is 14.9. The van der Waals surface area contributed by atoms with Crippen molar-refractivity contribution in [3.05, 3.63) is 93.9 Å². The molecular weight excluding hydrogens is 517 g/mol. The third-order valence-corrected chi connectivity index (χ3v) is 8.00. The fraction of sp³-hybridized carbons (Fsp3) is 0.364. The van der Waals surface area contributed by atoms with Crippen LogP contribution in [0.1, 0.15) is 53.9 Å². The number of aldehydes is 1. The maximum atomic E-state index is 14.9. The van der Waals surface area contributed by atoms with Crippen LogP contribution in [0, 0.1) is 12.7 Å². The van der Waals surface area contributed by atoms with Gasteiger partial charge in [0.2, 0.25) is 0 Å². The summed E-state index contributed by atoms with van der Waals surface area (Å²) < 4.78 is 14.9. The Hall–Kier alpha value is -4.04. The fourth-order valence-electron chi connectivity index (χ4n) is 5.27. The van der Waals surface area contributed by atoms with Crippen LogP contribution in [-0.4, -0.2) is 73.8 Å². The highest BCUT2D eigenvalue weighted by molar-refractivity contribution is 5.94. The predicted molar refractivity (Wildman–Crippen MR) is 164 cm³/mol. The van der Waals surface area contributed by atoms with E-state index in [2.05, 4.69) is 46.1 Å². The van der Waals surface area contributed by atoms with Crippen molar-refractivity contribution >= 4 is 29.5 Å². The van der Waals surface area contributed by atoms with Gasteiger partial charge in [0.05, 0.1) is 5.69 Å². The van der Waals surface area contributed by atoms with Crippen LogP contribution in [-0.2, 0) is 4.79 Å². The van der Waals surface area contributed by atoms with Crippen molar-refractivity contribution in [3.8, 4) is 0 Å². The number of hydrogen-bond donors (Lipinski definition) is 1. The van der Waals surface area contributed by atoms with Crippen molar-refractivity contribution in [2.45, 2.75) is 39.7 Å². The van der Waals surface area contributed by atoms with Crippen molar-refractivity contribution < 1.29 is 14.0 Å². The van der Waals surface area contributed by atoms with Gasteiger partial charge >= 0.3 is 0 Å². The number of halogens is 1. The van der Waals surface area contributed by atoms with Gasteiger partial charge in [-0.2, -0.15) is 0 Å². The quantitative estimate of drug-likeness (QED) is 0.427. The summed E-state index contributed by atoms with van der Waals surface area (Å²) in [5.41, 5.74) is 7.78. The zero-order valence-electron chi connectivity index (χ0n) is 24.9. The molecule has 2 aromatic rings. The lowest BCUT2D eigenvalue weighted by atomic mass is 9.95. The summed E-state index contributed by atoms with van der Waals surface area (Å²) in [6, 6.07) is 6.93. The zero-order chi connectivity index (χ0) is 29.7. The minimum atomic E-state index is -0.360. The monoisotopic (exact) mass is 557 g/mol. The number of anilines is 1. The number of amides is 1. The second-order valence-corrected chi connectivity index (χ2v) is 10.9. The van der Waals surface area contributed by atoms with E-state index in [1.165, 1.54) is 16.5 Å². The van der Waals surface area contributed by atoms with Crippen molar-refractivity contribution in [3.63, 3.8) is 0 Å². The van der Waals surface area contributed by atoms with Gasteiger partial charge in [0.15, 0.2) is 0 Å². The molecule has 1 amide bonds. The SMILES string of the molecule is C/C(=C\c1c(N(C)/C=C\C2=C(C=O)CCN2)ccnc1C)C(C)N1CC=C(c2ccc(C(=O)N(C)C)cc2F)CC1. The molecular formula is C33H40FN5O2. The number of nitrogens with zero attached hydrogens (tertiary/aromatic N) is 4. The van der Waals surface area contributed by atoms with Crippen molar-refractivity contribution in [2.75, 3.05) is 45.7 Å². The van der Waals surface area contributed by atoms with E-state index in [9.17, 15) is 14.0 Å². The number of carbonyl (C=O) groups is 2. The van der Waals surface area contributed by atoms with E-state index in [4.69, 9.17) is 0 Å². The van der Waals surface area contributed by atoms with Gasteiger partial charge in [-0.25, -0.2) is 4.39 Å². The van der Waals surface area contributed by atoms with E-state index in [0.717, 1.165) is 66.0 Å². The average Bonchev–Trinajstić information content (AvgIpc) is 3.43. The maximum Gasteiger partial charge on any atom is 0.253 e. The number of pyridine rings is 1. The molecule has 0 spiro atoms. The molecule has 3 heterocycles. The van der Waals surface area contributed by atoms with Gasteiger partial charge in [-0.05, 0) is 63.5 Å². The molecule has 0 fully saturated rings. The molecule has 4 rings (SSSR count). The molecule has 41 heavy (non-hydrogen) atoms. The summed E-state index contributed by atoms with van der Waals surface area (Å²) in [5.74, 6) is -0.568. The molecule has 7 nitrogen and oxygen atoms in total. The Balaban J connectivity index is 1.49. The molecule has 216 valence electrons. The molecule has 2 aliphatic heterocycles. The third kappa shape index (κ3) is 6.82. The highest BCUT2D eigenvalue weighted by atomic mass is 19.1. The van der Waals surface area contributed by atoms with E-state index in [0.29, 0.717) is 17.7 Å². The molecule has 1 N–H and O–H groups in total. The number of benzene rings is 1. The summed E-state index contributed by atoms with van der Waals surface area (Å²) in [6.45, 7) is 8.64. The van der Waals surface area contributed by atoms with Crippen LogP contribution in [0.3, 0.4) is 0 Å². The summed E-state index contributed by atoms with van der Waals surface area (Å²) in [5, 5.41) is 3.27. The molecule has 0 bridgehead atoms. The van der Waals surface area contributed by atoms with E-state index in [1.807, 2.05) is 38.5 Å². The first-order valence-electron chi connectivity index (χ1n) is 14.0. The number of carbonyl (C=O) groups excluding carboxylic acids is 2. The number of aromatic nitrogens is 1. The molecule has 1 atom stereocenters. The summed E-state index contributed by atoms with van der Waals surface area (Å²) >= 11 is 0. The van der Waals surface area contributed by atoms with Gasteiger partial charge in [0, 0.05) is 92.9 Å². The summed E-state index contributed by atoms with van der Waals surface area (Å²) in [6.07, 6.45) is 12.4. The highest BCUT2D eigenvalue weighted by Gasteiger charge is 2.22. The molecule has 0 saturated heterocycles. The second kappa shape index (κ2) is 13.1. The third-order valence-electron chi connectivity index (χ3n) is 8.00. The minimum absolute atomic E-state index is 0.175.